The lowest BCUT2D eigenvalue weighted by Gasteiger charge is -2.33. The molecule has 0 bridgehead atoms. The fraction of sp³-hybridized carbons (Fsp3) is 0.667. The predicted molar refractivity (Wildman–Crippen MR) is 47.3 cm³/mol. The Morgan fingerprint density at radius 3 is 2.36 bits per heavy atom. The van der Waals surface area contributed by atoms with Gasteiger partial charge >= 0.3 is 0 Å². The van der Waals surface area contributed by atoms with Crippen molar-refractivity contribution >= 4 is 5.78 Å². The first-order valence-electron chi connectivity index (χ1n) is 3.94. The quantitative estimate of drug-likeness (QED) is 0.442. The zero-order valence-corrected chi connectivity index (χ0v) is 7.92. The second-order valence-corrected chi connectivity index (χ2v) is 3.38. The van der Waals surface area contributed by atoms with Gasteiger partial charge in [0.2, 0.25) is 5.78 Å². The second kappa shape index (κ2) is 3.67. The molecule has 0 saturated heterocycles. The van der Waals surface area contributed by atoms with Gasteiger partial charge in [-0.05, 0) is 19.9 Å². The van der Waals surface area contributed by atoms with E-state index < -0.39 is 0 Å². The summed E-state index contributed by atoms with van der Waals surface area (Å²) >= 11 is 0. The molecule has 0 N–H and O–H groups in total. The van der Waals surface area contributed by atoms with Gasteiger partial charge in [-0.3, -0.25) is 4.79 Å². The summed E-state index contributed by atoms with van der Waals surface area (Å²) in [5, 5.41) is 0. The monoisotopic (exact) mass is 156 g/mol. The van der Waals surface area contributed by atoms with Crippen molar-refractivity contribution in [2.24, 2.45) is 0 Å². The van der Waals surface area contributed by atoms with Crippen LogP contribution in [-0.4, -0.2) is 36.9 Å². The van der Waals surface area contributed by atoms with E-state index >= 15 is 0 Å². The van der Waals surface area contributed by atoms with E-state index in [2.05, 4.69) is 13.5 Å². The van der Waals surface area contributed by atoms with Gasteiger partial charge in [-0.1, -0.05) is 6.58 Å². The highest BCUT2D eigenvalue weighted by molar-refractivity contribution is 5.92. The average molecular weight is 156 g/mol. The van der Waals surface area contributed by atoms with Crippen molar-refractivity contribution in [2.75, 3.05) is 20.6 Å². The SMILES string of the molecule is C=CC(=O)C(C)[N+](C)(C)CC. The smallest absolute Gasteiger partial charge is 0.211 e. The summed E-state index contributed by atoms with van der Waals surface area (Å²) in [5.74, 6) is 0.122. The molecular weight excluding hydrogens is 138 g/mol. The van der Waals surface area contributed by atoms with Crippen molar-refractivity contribution in [3.05, 3.63) is 12.7 Å². The van der Waals surface area contributed by atoms with Crippen LogP contribution in [0.5, 0.6) is 0 Å². The minimum absolute atomic E-state index is 0.0255. The molecule has 2 nitrogen and oxygen atoms in total. The number of hydrogen-bond acceptors (Lipinski definition) is 1. The van der Waals surface area contributed by atoms with Gasteiger partial charge in [0.1, 0.15) is 6.04 Å². The highest BCUT2D eigenvalue weighted by Gasteiger charge is 2.26. The molecule has 0 rings (SSSR count). The summed E-state index contributed by atoms with van der Waals surface area (Å²) in [7, 11) is 4.10. The number of ketones is 1. The largest absolute Gasteiger partial charge is 0.320 e. The molecular formula is C9H18NO+. The van der Waals surface area contributed by atoms with Crippen LogP contribution in [0.2, 0.25) is 0 Å². The Balaban J connectivity index is 4.33. The molecule has 64 valence electrons. The molecule has 0 radical (unpaired) electrons. The summed E-state index contributed by atoms with van der Waals surface area (Å²) in [6.45, 7) is 8.44. The summed E-state index contributed by atoms with van der Waals surface area (Å²) < 4.78 is 0.727. The third-order valence-electron chi connectivity index (χ3n) is 2.48. The number of hydrogen-bond donors (Lipinski definition) is 0. The van der Waals surface area contributed by atoms with Crippen molar-refractivity contribution < 1.29 is 9.28 Å². The fourth-order valence-electron chi connectivity index (χ4n) is 0.789. The Morgan fingerprint density at radius 1 is 1.64 bits per heavy atom. The van der Waals surface area contributed by atoms with E-state index in [0.29, 0.717) is 0 Å². The topological polar surface area (TPSA) is 17.1 Å². The second-order valence-electron chi connectivity index (χ2n) is 3.38. The molecule has 1 atom stereocenters. The molecule has 0 amide bonds. The van der Waals surface area contributed by atoms with Gasteiger partial charge < -0.3 is 4.48 Å². The Labute approximate surface area is 69.1 Å². The molecule has 11 heavy (non-hydrogen) atoms. The summed E-state index contributed by atoms with van der Waals surface area (Å²) in [6, 6.07) is 0.0255. The van der Waals surface area contributed by atoms with Crippen LogP contribution in [0.1, 0.15) is 13.8 Å². The van der Waals surface area contributed by atoms with E-state index in [4.69, 9.17) is 0 Å². The van der Waals surface area contributed by atoms with Crippen LogP contribution in [0.25, 0.3) is 0 Å². The van der Waals surface area contributed by atoms with Crippen LogP contribution in [0.3, 0.4) is 0 Å². The van der Waals surface area contributed by atoms with Crippen LogP contribution in [-0.2, 0) is 4.79 Å². The van der Waals surface area contributed by atoms with Gasteiger partial charge in [0.05, 0.1) is 20.6 Å². The molecule has 0 aromatic rings. The minimum atomic E-state index is 0.0255. The number of rotatable bonds is 4. The summed E-state index contributed by atoms with van der Waals surface area (Å²) in [4.78, 5) is 11.2. The van der Waals surface area contributed by atoms with Crippen LogP contribution in [0.15, 0.2) is 12.7 Å². The molecule has 0 aromatic carbocycles. The fourth-order valence-corrected chi connectivity index (χ4v) is 0.789. The highest BCUT2D eigenvalue weighted by Crippen LogP contribution is 2.06. The Bertz CT molecular complexity index is 161. The molecule has 0 heterocycles. The number of nitrogens with zero attached hydrogens (tertiary/aromatic N) is 1. The molecule has 0 spiro atoms. The standard InChI is InChI=1S/C9H18NO/c1-6-9(11)8(3)10(4,5)7-2/h6,8H,1,7H2,2-5H3/q+1. The molecule has 0 aliphatic rings. The van der Waals surface area contributed by atoms with E-state index in [1.165, 1.54) is 6.08 Å². The average Bonchev–Trinajstić information content (AvgIpc) is 2.01. The Kier molecular flexibility index (Phi) is 3.46. The van der Waals surface area contributed by atoms with Crippen molar-refractivity contribution in [1.29, 1.82) is 0 Å². The van der Waals surface area contributed by atoms with E-state index in [1.807, 2.05) is 21.0 Å². The first kappa shape index (κ1) is 10.4. The molecule has 2 heteroatoms. The lowest BCUT2D eigenvalue weighted by molar-refractivity contribution is -0.901. The maximum atomic E-state index is 11.2. The van der Waals surface area contributed by atoms with Gasteiger partial charge in [0, 0.05) is 0 Å². The highest BCUT2D eigenvalue weighted by atomic mass is 16.1. The Morgan fingerprint density at radius 2 is 2.09 bits per heavy atom. The number of carbonyl (C=O) groups is 1. The third kappa shape index (κ3) is 2.46. The lowest BCUT2D eigenvalue weighted by atomic mass is 10.1. The van der Waals surface area contributed by atoms with Gasteiger partial charge in [-0.2, -0.15) is 0 Å². The van der Waals surface area contributed by atoms with Crippen LogP contribution < -0.4 is 0 Å². The molecule has 0 fully saturated rings. The molecule has 0 aromatic heterocycles. The van der Waals surface area contributed by atoms with Gasteiger partial charge in [0.25, 0.3) is 0 Å². The summed E-state index contributed by atoms with van der Waals surface area (Å²) in [6.07, 6.45) is 1.40. The van der Waals surface area contributed by atoms with E-state index in [1.54, 1.807) is 0 Å². The number of carbonyl (C=O) groups excluding carboxylic acids is 1. The summed E-state index contributed by atoms with van der Waals surface area (Å²) in [5.41, 5.74) is 0. The van der Waals surface area contributed by atoms with E-state index in [-0.39, 0.29) is 11.8 Å². The molecule has 0 aliphatic heterocycles. The van der Waals surface area contributed by atoms with Crippen LogP contribution >= 0.6 is 0 Å². The van der Waals surface area contributed by atoms with Crippen molar-refractivity contribution in [3.8, 4) is 0 Å². The lowest BCUT2D eigenvalue weighted by Crippen LogP contribution is -2.50. The molecule has 0 saturated carbocycles. The molecule has 0 aliphatic carbocycles. The maximum Gasteiger partial charge on any atom is 0.211 e. The van der Waals surface area contributed by atoms with Crippen molar-refractivity contribution in [1.82, 2.24) is 0 Å². The minimum Gasteiger partial charge on any atom is -0.320 e. The van der Waals surface area contributed by atoms with E-state index in [0.717, 1.165) is 11.0 Å². The zero-order chi connectivity index (χ0) is 9.07. The first-order valence-corrected chi connectivity index (χ1v) is 3.94. The van der Waals surface area contributed by atoms with Crippen molar-refractivity contribution in [2.45, 2.75) is 19.9 Å². The van der Waals surface area contributed by atoms with Crippen molar-refractivity contribution in [3.63, 3.8) is 0 Å². The van der Waals surface area contributed by atoms with Gasteiger partial charge in [0.15, 0.2) is 0 Å². The van der Waals surface area contributed by atoms with Crippen LogP contribution in [0.4, 0.5) is 0 Å². The first-order chi connectivity index (χ1) is 4.95. The third-order valence-corrected chi connectivity index (χ3v) is 2.48. The maximum absolute atomic E-state index is 11.2. The van der Waals surface area contributed by atoms with Gasteiger partial charge in [-0.15, -0.1) is 0 Å². The zero-order valence-electron chi connectivity index (χ0n) is 7.92. The molecule has 1 unspecified atom stereocenters. The number of quaternary nitrogens is 1. The Hall–Kier alpha value is -0.630. The normalized spacial score (nSPS) is 14.2. The predicted octanol–water partition coefficient (Wildman–Crippen LogP) is 1.23. The van der Waals surface area contributed by atoms with Gasteiger partial charge in [-0.25, -0.2) is 0 Å². The van der Waals surface area contributed by atoms with E-state index in [9.17, 15) is 4.79 Å². The number of likely N-dealkylation sites (N-methyl/N-ethyl adjacent to an activating group) is 1. The van der Waals surface area contributed by atoms with Crippen LogP contribution in [0, 0.1) is 0 Å².